The molecule has 3 nitrogen and oxygen atoms in total. The summed E-state index contributed by atoms with van der Waals surface area (Å²) >= 11 is 0. The molecule has 1 heterocycles. The van der Waals surface area contributed by atoms with Crippen LogP contribution in [0.15, 0.2) is 30.3 Å². The third kappa shape index (κ3) is 4.05. The average Bonchev–Trinajstić information content (AvgIpc) is 2.47. The quantitative estimate of drug-likeness (QED) is 0.895. The third-order valence-electron chi connectivity index (χ3n) is 4.51. The minimum atomic E-state index is 0.241. The van der Waals surface area contributed by atoms with E-state index in [-0.39, 0.29) is 5.41 Å². The van der Waals surface area contributed by atoms with Crippen LogP contribution in [-0.4, -0.2) is 49.6 Å². The van der Waals surface area contributed by atoms with Gasteiger partial charge < -0.3 is 10.6 Å². The van der Waals surface area contributed by atoms with Gasteiger partial charge in [-0.3, -0.25) is 4.90 Å². The van der Waals surface area contributed by atoms with Crippen molar-refractivity contribution in [2.45, 2.75) is 26.3 Å². The Kier molecular flexibility index (Phi) is 5.19. The van der Waals surface area contributed by atoms with Gasteiger partial charge in [0.15, 0.2) is 0 Å². The summed E-state index contributed by atoms with van der Waals surface area (Å²) in [5.41, 5.74) is 7.54. The molecule has 1 aromatic carbocycles. The lowest BCUT2D eigenvalue weighted by Crippen LogP contribution is -2.47. The summed E-state index contributed by atoms with van der Waals surface area (Å²) in [5.74, 6) is 0. The van der Waals surface area contributed by atoms with Crippen LogP contribution >= 0.6 is 0 Å². The number of piperazine rings is 1. The van der Waals surface area contributed by atoms with E-state index in [1.807, 2.05) is 0 Å². The van der Waals surface area contributed by atoms with Crippen LogP contribution in [0.2, 0.25) is 0 Å². The topological polar surface area (TPSA) is 32.5 Å². The number of benzene rings is 1. The number of hydrogen-bond acceptors (Lipinski definition) is 3. The highest BCUT2D eigenvalue weighted by Gasteiger charge is 2.27. The molecule has 0 spiro atoms. The van der Waals surface area contributed by atoms with Crippen molar-refractivity contribution in [2.24, 2.45) is 11.1 Å². The fraction of sp³-hybridized carbons (Fsp3) is 0.647. The van der Waals surface area contributed by atoms with Gasteiger partial charge in [0.25, 0.3) is 0 Å². The number of nitrogens with two attached hydrogens (primary N) is 1. The van der Waals surface area contributed by atoms with Gasteiger partial charge in [-0.25, -0.2) is 0 Å². The molecule has 0 aromatic heterocycles. The molecule has 0 bridgehead atoms. The first-order valence-electron chi connectivity index (χ1n) is 7.69. The summed E-state index contributed by atoms with van der Waals surface area (Å²) in [4.78, 5) is 5.06. The first kappa shape index (κ1) is 15.5. The molecule has 1 aliphatic heterocycles. The maximum atomic E-state index is 5.86. The van der Waals surface area contributed by atoms with E-state index >= 15 is 0 Å². The fourth-order valence-corrected chi connectivity index (χ4v) is 2.76. The van der Waals surface area contributed by atoms with Gasteiger partial charge in [0.1, 0.15) is 0 Å². The second-order valence-electron chi connectivity index (χ2n) is 6.84. The van der Waals surface area contributed by atoms with Gasteiger partial charge in [0.05, 0.1) is 0 Å². The number of rotatable bonds is 5. The van der Waals surface area contributed by atoms with Crippen molar-refractivity contribution < 1.29 is 0 Å². The molecule has 3 heteroatoms. The summed E-state index contributed by atoms with van der Waals surface area (Å²) < 4.78 is 0. The normalized spacial score (nSPS) is 22.1. The summed E-state index contributed by atoms with van der Waals surface area (Å²) in [6.07, 6.45) is 1.16. The van der Waals surface area contributed by atoms with Gasteiger partial charge in [-0.05, 0) is 37.5 Å². The molecule has 1 aliphatic rings. The van der Waals surface area contributed by atoms with Crippen LogP contribution in [0.5, 0.6) is 0 Å². The van der Waals surface area contributed by atoms with Gasteiger partial charge in [-0.2, -0.15) is 0 Å². The van der Waals surface area contributed by atoms with Crippen molar-refractivity contribution in [3.8, 4) is 0 Å². The first-order chi connectivity index (χ1) is 9.52. The fourth-order valence-electron chi connectivity index (χ4n) is 2.76. The van der Waals surface area contributed by atoms with E-state index in [9.17, 15) is 0 Å². The lowest BCUT2D eigenvalue weighted by atomic mass is 9.89. The predicted molar refractivity (Wildman–Crippen MR) is 85.7 cm³/mol. The third-order valence-corrected chi connectivity index (χ3v) is 4.51. The van der Waals surface area contributed by atoms with Gasteiger partial charge in [0.2, 0.25) is 0 Å². The molecule has 0 saturated carbocycles. The van der Waals surface area contributed by atoms with E-state index in [0.717, 1.165) is 39.1 Å². The van der Waals surface area contributed by atoms with Crippen molar-refractivity contribution in [3.05, 3.63) is 35.9 Å². The second kappa shape index (κ2) is 6.70. The number of likely N-dealkylation sites (N-methyl/N-ethyl adjacent to an activating group) is 1. The van der Waals surface area contributed by atoms with E-state index < -0.39 is 0 Å². The van der Waals surface area contributed by atoms with Crippen LogP contribution in [-0.2, 0) is 0 Å². The van der Waals surface area contributed by atoms with E-state index in [0.29, 0.717) is 6.04 Å². The minimum Gasteiger partial charge on any atom is -0.330 e. The molecule has 1 fully saturated rings. The lowest BCUT2D eigenvalue weighted by Gasteiger charge is -2.41. The van der Waals surface area contributed by atoms with Crippen molar-refractivity contribution >= 4 is 0 Å². The standard InChI is InChI=1S/C17H29N3/c1-17(2,14-18)9-10-20-12-11-19(3)13-16(20)15-7-5-4-6-8-15/h4-8,16H,9-14,18H2,1-3H3. The van der Waals surface area contributed by atoms with Crippen LogP contribution in [0.4, 0.5) is 0 Å². The van der Waals surface area contributed by atoms with E-state index in [4.69, 9.17) is 5.73 Å². The van der Waals surface area contributed by atoms with Crippen LogP contribution < -0.4 is 5.73 Å². The molecule has 112 valence electrons. The highest BCUT2D eigenvalue weighted by atomic mass is 15.3. The molecular formula is C17H29N3. The maximum Gasteiger partial charge on any atom is 0.0475 e. The average molecular weight is 275 g/mol. The molecule has 20 heavy (non-hydrogen) atoms. The van der Waals surface area contributed by atoms with Gasteiger partial charge >= 0.3 is 0 Å². The molecule has 2 N–H and O–H groups in total. The van der Waals surface area contributed by atoms with E-state index in [2.05, 4.69) is 61.0 Å². The second-order valence-corrected chi connectivity index (χ2v) is 6.84. The molecule has 1 atom stereocenters. The summed E-state index contributed by atoms with van der Waals surface area (Å²) in [6.45, 7) is 9.85. The molecule has 0 aliphatic carbocycles. The Morgan fingerprint density at radius 3 is 2.55 bits per heavy atom. The Bertz CT molecular complexity index is 402. The van der Waals surface area contributed by atoms with Crippen LogP contribution in [0.1, 0.15) is 31.9 Å². The molecule has 0 amide bonds. The van der Waals surface area contributed by atoms with E-state index in [1.165, 1.54) is 5.56 Å². The predicted octanol–water partition coefficient (Wildman–Crippen LogP) is 2.35. The van der Waals surface area contributed by atoms with Crippen molar-refractivity contribution in [1.29, 1.82) is 0 Å². The van der Waals surface area contributed by atoms with Crippen molar-refractivity contribution in [3.63, 3.8) is 0 Å². The van der Waals surface area contributed by atoms with Crippen LogP contribution in [0.3, 0.4) is 0 Å². The number of hydrogen-bond donors (Lipinski definition) is 1. The highest BCUT2D eigenvalue weighted by molar-refractivity contribution is 5.20. The van der Waals surface area contributed by atoms with Crippen molar-refractivity contribution in [1.82, 2.24) is 9.80 Å². The molecule has 1 aromatic rings. The zero-order valence-corrected chi connectivity index (χ0v) is 13.2. The Hall–Kier alpha value is -0.900. The SMILES string of the molecule is CN1CCN(CCC(C)(C)CN)C(c2ccccc2)C1. The Labute approximate surface area is 123 Å². The molecule has 0 radical (unpaired) electrons. The molecule has 2 rings (SSSR count). The first-order valence-corrected chi connectivity index (χ1v) is 7.69. The largest absolute Gasteiger partial charge is 0.330 e. The Balaban J connectivity index is 2.05. The van der Waals surface area contributed by atoms with E-state index in [1.54, 1.807) is 0 Å². The molecular weight excluding hydrogens is 246 g/mol. The zero-order valence-electron chi connectivity index (χ0n) is 13.2. The Morgan fingerprint density at radius 2 is 1.90 bits per heavy atom. The summed E-state index contributed by atoms with van der Waals surface area (Å²) in [5, 5.41) is 0. The Morgan fingerprint density at radius 1 is 1.20 bits per heavy atom. The summed E-state index contributed by atoms with van der Waals surface area (Å²) in [7, 11) is 2.22. The van der Waals surface area contributed by atoms with Crippen molar-refractivity contribution in [2.75, 3.05) is 39.8 Å². The molecule has 1 saturated heterocycles. The number of nitrogens with zero attached hydrogens (tertiary/aromatic N) is 2. The minimum absolute atomic E-state index is 0.241. The summed E-state index contributed by atoms with van der Waals surface area (Å²) in [6, 6.07) is 11.4. The smallest absolute Gasteiger partial charge is 0.0475 e. The molecule has 1 unspecified atom stereocenters. The van der Waals surface area contributed by atoms with Gasteiger partial charge in [-0.15, -0.1) is 0 Å². The highest BCUT2D eigenvalue weighted by Crippen LogP contribution is 2.27. The zero-order chi connectivity index (χ0) is 14.6. The monoisotopic (exact) mass is 275 g/mol. The maximum absolute atomic E-state index is 5.86. The van der Waals surface area contributed by atoms with Crippen LogP contribution in [0, 0.1) is 5.41 Å². The lowest BCUT2D eigenvalue weighted by molar-refractivity contribution is 0.0785. The van der Waals surface area contributed by atoms with Gasteiger partial charge in [-0.1, -0.05) is 44.2 Å². The van der Waals surface area contributed by atoms with Crippen LogP contribution in [0.25, 0.3) is 0 Å². The van der Waals surface area contributed by atoms with Gasteiger partial charge in [0, 0.05) is 25.7 Å².